The maximum absolute atomic E-state index is 12.1. The lowest BCUT2D eigenvalue weighted by Crippen LogP contribution is -2.42. The van der Waals surface area contributed by atoms with Crippen LogP contribution in [0.25, 0.3) is 0 Å². The molecule has 1 aromatic rings. The van der Waals surface area contributed by atoms with Crippen LogP contribution in [0.2, 0.25) is 0 Å². The van der Waals surface area contributed by atoms with Crippen molar-refractivity contribution in [2.75, 3.05) is 26.9 Å². The Kier molecular flexibility index (Phi) is 13.1. The first-order chi connectivity index (χ1) is 16.9. The summed E-state index contributed by atoms with van der Waals surface area (Å²) in [6, 6.07) is 3.17. The van der Waals surface area contributed by atoms with Gasteiger partial charge in [-0.25, -0.2) is 14.4 Å². The van der Waals surface area contributed by atoms with Crippen molar-refractivity contribution < 1.29 is 52.7 Å². The van der Waals surface area contributed by atoms with Crippen LogP contribution in [0.1, 0.15) is 40.2 Å². The number of aliphatic carboxylic acids is 1. The van der Waals surface area contributed by atoms with E-state index in [9.17, 15) is 24.3 Å². The highest BCUT2D eigenvalue weighted by atomic mass is 16.7. The van der Waals surface area contributed by atoms with Crippen LogP contribution in [0.3, 0.4) is 0 Å². The van der Waals surface area contributed by atoms with Crippen LogP contribution in [-0.4, -0.2) is 68.6 Å². The van der Waals surface area contributed by atoms with Crippen LogP contribution in [0.15, 0.2) is 18.2 Å². The lowest BCUT2D eigenvalue weighted by atomic mass is 10.0. The molecule has 0 radical (unpaired) electrons. The van der Waals surface area contributed by atoms with E-state index in [0.29, 0.717) is 5.56 Å². The van der Waals surface area contributed by atoms with Crippen molar-refractivity contribution in [3.05, 3.63) is 23.8 Å². The molecule has 2 atom stereocenters. The molecule has 0 aliphatic carbocycles. The summed E-state index contributed by atoms with van der Waals surface area (Å²) in [6.07, 6.45) is -3.56. The van der Waals surface area contributed by atoms with Crippen LogP contribution in [0.4, 0.5) is 14.4 Å². The highest BCUT2D eigenvalue weighted by molar-refractivity contribution is 5.74. The second-order valence-electron chi connectivity index (χ2n) is 8.78. The number of carboxylic acid groups (broad SMARTS) is 1. The van der Waals surface area contributed by atoms with Crippen molar-refractivity contribution in [3.63, 3.8) is 0 Å². The fourth-order valence-corrected chi connectivity index (χ4v) is 2.60. The Morgan fingerprint density at radius 1 is 0.861 bits per heavy atom. The number of carbonyl (C=O) groups is 4. The second kappa shape index (κ2) is 15.5. The summed E-state index contributed by atoms with van der Waals surface area (Å²) >= 11 is 0. The minimum Gasteiger partial charge on any atom is -0.480 e. The number of rotatable bonds is 13. The van der Waals surface area contributed by atoms with Crippen molar-refractivity contribution in [2.24, 2.45) is 11.8 Å². The van der Waals surface area contributed by atoms with E-state index in [1.165, 1.54) is 18.2 Å². The summed E-state index contributed by atoms with van der Waals surface area (Å²) in [7, 11) is 1.16. The number of carbonyl (C=O) groups excluding carboxylic acids is 3. The average molecular weight is 514 g/mol. The highest BCUT2D eigenvalue weighted by Crippen LogP contribution is 2.30. The molecule has 12 nitrogen and oxygen atoms in total. The Balaban J connectivity index is 3.01. The van der Waals surface area contributed by atoms with Gasteiger partial charge >= 0.3 is 24.4 Å². The Bertz CT molecular complexity index is 885. The molecule has 0 aliphatic heterocycles. The van der Waals surface area contributed by atoms with Gasteiger partial charge in [0.05, 0.1) is 20.3 Å². The number of hydrogen-bond donors (Lipinski definition) is 2. The van der Waals surface area contributed by atoms with Crippen molar-refractivity contribution in [1.82, 2.24) is 5.32 Å². The first-order valence-corrected chi connectivity index (χ1v) is 11.4. The molecule has 0 aliphatic rings. The maximum atomic E-state index is 12.1. The molecule has 1 aromatic carbocycles. The summed E-state index contributed by atoms with van der Waals surface area (Å²) in [5, 5.41) is 12.4. The van der Waals surface area contributed by atoms with Crippen LogP contribution < -0.4 is 14.8 Å². The predicted molar refractivity (Wildman–Crippen MR) is 126 cm³/mol. The number of ether oxygens (including phenoxy) is 6. The molecule has 1 rings (SSSR count). The molecule has 0 spiro atoms. The molecular formula is C24H35NO11. The molecule has 36 heavy (non-hydrogen) atoms. The van der Waals surface area contributed by atoms with E-state index in [4.69, 9.17) is 23.7 Å². The molecule has 0 amide bonds. The summed E-state index contributed by atoms with van der Waals surface area (Å²) in [5.41, 5.74) is 0.450. The largest absolute Gasteiger partial charge is 0.513 e. The molecular weight excluding hydrogens is 478 g/mol. The summed E-state index contributed by atoms with van der Waals surface area (Å²) in [4.78, 5) is 47.1. The van der Waals surface area contributed by atoms with Crippen molar-refractivity contribution in [1.29, 1.82) is 0 Å². The SMILES string of the molecule is COC(=O)OC(C)CN[C@@H](Cc1ccc(OC(=O)OCC(C)C)c(OC(=O)OCC(C)C)c1)C(=O)O. The minimum atomic E-state index is -1.16. The zero-order chi connectivity index (χ0) is 27.3. The van der Waals surface area contributed by atoms with Crippen LogP contribution in [-0.2, 0) is 30.2 Å². The maximum Gasteiger partial charge on any atom is 0.513 e. The third-order valence-electron chi connectivity index (χ3n) is 4.32. The topological polar surface area (TPSA) is 156 Å². The van der Waals surface area contributed by atoms with Gasteiger partial charge in [-0.1, -0.05) is 33.8 Å². The third-order valence-corrected chi connectivity index (χ3v) is 4.32. The van der Waals surface area contributed by atoms with Gasteiger partial charge in [0.15, 0.2) is 11.5 Å². The standard InChI is InChI=1S/C24H35NO11/c1-14(2)12-32-23(29)35-19-8-7-17(10-20(19)36-24(30)33-13-15(3)4)9-18(21(26)27)25-11-16(5)34-22(28)31-6/h7-8,10,14-16,18,25H,9,11-13H2,1-6H3,(H,26,27)/t16?,18-/m0/s1. The average Bonchev–Trinajstić information content (AvgIpc) is 2.80. The number of nitrogens with one attached hydrogen (secondary N) is 1. The summed E-state index contributed by atoms with van der Waals surface area (Å²) < 4.78 is 29.7. The lowest BCUT2D eigenvalue weighted by Gasteiger charge is -2.19. The smallest absolute Gasteiger partial charge is 0.480 e. The van der Waals surface area contributed by atoms with Crippen molar-refractivity contribution in [2.45, 2.75) is 53.2 Å². The first-order valence-electron chi connectivity index (χ1n) is 11.4. The van der Waals surface area contributed by atoms with Gasteiger partial charge < -0.3 is 38.8 Å². The van der Waals surface area contributed by atoms with E-state index >= 15 is 0 Å². The van der Waals surface area contributed by atoms with E-state index in [-0.39, 0.29) is 49.5 Å². The number of hydrogen-bond acceptors (Lipinski definition) is 11. The van der Waals surface area contributed by atoms with Gasteiger partial charge in [0.2, 0.25) is 0 Å². The van der Waals surface area contributed by atoms with E-state index < -0.39 is 36.6 Å². The quantitative estimate of drug-likeness (QED) is 0.224. The molecule has 0 aromatic heterocycles. The van der Waals surface area contributed by atoms with Gasteiger partial charge in [0.1, 0.15) is 12.1 Å². The fraction of sp³-hybridized carbons (Fsp3) is 0.583. The monoisotopic (exact) mass is 513 g/mol. The molecule has 0 bridgehead atoms. The number of benzene rings is 1. The van der Waals surface area contributed by atoms with Gasteiger partial charge in [-0.15, -0.1) is 0 Å². The van der Waals surface area contributed by atoms with Crippen LogP contribution in [0.5, 0.6) is 11.5 Å². The molecule has 12 heteroatoms. The highest BCUT2D eigenvalue weighted by Gasteiger charge is 2.22. The molecule has 202 valence electrons. The summed E-state index contributed by atoms with van der Waals surface area (Å²) in [5.74, 6) is -1.25. The molecule has 0 heterocycles. The molecule has 0 fully saturated rings. The fourth-order valence-electron chi connectivity index (χ4n) is 2.60. The van der Waals surface area contributed by atoms with Crippen LogP contribution in [0, 0.1) is 11.8 Å². The zero-order valence-electron chi connectivity index (χ0n) is 21.4. The van der Waals surface area contributed by atoms with Crippen molar-refractivity contribution >= 4 is 24.4 Å². The Hall–Kier alpha value is -3.54. The number of methoxy groups -OCH3 is 1. The molecule has 2 N–H and O–H groups in total. The van der Waals surface area contributed by atoms with Gasteiger partial charge in [0.25, 0.3) is 0 Å². The summed E-state index contributed by atoms with van der Waals surface area (Å²) in [6.45, 7) is 9.28. The van der Waals surface area contributed by atoms with Gasteiger partial charge in [-0.3, -0.25) is 4.79 Å². The minimum absolute atomic E-state index is 0.0320. The Morgan fingerprint density at radius 2 is 1.42 bits per heavy atom. The van der Waals surface area contributed by atoms with Crippen molar-refractivity contribution in [3.8, 4) is 11.5 Å². The molecule has 0 saturated heterocycles. The Morgan fingerprint density at radius 3 is 1.92 bits per heavy atom. The molecule has 0 saturated carbocycles. The van der Waals surface area contributed by atoms with Gasteiger partial charge in [-0.2, -0.15) is 0 Å². The Labute approximate surface area is 210 Å². The van der Waals surface area contributed by atoms with Gasteiger partial charge in [0, 0.05) is 6.54 Å². The second-order valence-corrected chi connectivity index (χ2v) is 8.78. The normalized spacial score (nSPS) is 12.4. The van der Waals surface area contributed by atoms with E-state index in [1.807, 2.05) is 27.7 Å². The number of carboxylic acids is 1. The lowest BCUT2D eigenvalue weighted by molar-refractivity contribution is -0.139. The molecule has 1 unspecified atom stereocenters. The van der Waals surface area contributed by atoms with Gasteiger partial charge in [-0.05, 0) is 42.9 Å². The first kappa shape index (κ1) is 30.5. The van der Waals surface area contributed by atoms with E-state index in [0.717, 1.165) is 7.11 Å². The third kappa shape index (κ3) is 12.2. The van der Waals surface area contributed by atoms with E-state index in [2.05, 4.69) is 10.1 Å². The zero-order valence-corrected chi connectivity index (χ0v) is 21.4. The predicted octanol–water partition coefficient (Wildman–Crippen LogP) is 3.79. The van der Waals surface area contributed by atoms with Crippen LogP contribution >= 0.6 is 0 Å². The van der Waals surface area contributed by atoms with E-state index in [1.54, 1.807) is 6.92 Å².